The van der Waals surface area contributed by atoms with Crippen LogP contribution in [-0.4, -0.2) is 54.4 Å². The highest BCUT2D eigenvalue weighted by Crippen LogP contribution is 2.41. The number of carbonyl (C=O) groups excluding carboxylic acids is 2. The van der Waals surface area contributed by atoms with Crippen molar-refractivity contribution in [2.24, 2.45) is 0 Å². The molecule has 210 valence electrons. The van der Waals surface area contributed by atoms with E-state index in [-0.39, 0.29) is 23.8 Å². The number of pyridine rings is 1. The molecule has 0 radical (unpaired) electrons. The van der Waals surface area contributed by atoms with Crippen molar-refractivity contribution >= 4 is 12.1 Å². The third-order valence-electron chi connectivity index (χ3n) is 6.63. The average molecular weight is 556 g/mol. The van der Waals surface area contributed by atoms with Gasteiger partial charge < -0.3 is 23.8 Å². The van der Waals surface area contributed by atoms with Crippen LogP contribution in [0.5, 0.6) is 11.5 Å². The van der Waals surface area contributed by atoms with Gasteiger partial charge in [-0.3, -0.25) is 19.3 Å². The van der Waals surface area contributed by atoms with E-state index < -0.39 is 54.2 Å². The Balaban J connectivity index is 1.66. The number of fused-ring (bicyclic) bond motifs is 4. The van der Waals surface area contributed by atoms with Crippen LogP contribution in [0.4, 0.5) is 13.6 Å². The summed E-state index contributed by atoms with van der Waals surface area (Å²) in [7, 11) is 1.57. The van der Waals surface area contributed by atoms with Gasteiger partial charge in [-0.15, -0.1) is 0 Å². The number of aromatic nitrogens is 1. The third-order valence-corrected chi connectivity index (χ3v) is 6.63. The van der Waals surface area contributed by atoms with Gasteiger partial charge in [-0.2, -0.15) is 0 Å². The lowest BCUT2D eigenvalue weighted by molar-refractivity contribution is -0.00926. The van der Waals surface area contributed by atoms with Crippen molar-refractivity contribution in [3.8, 4) is 11.5 Å². The summed E-state index contributed by atoms with van der Waals surface area (Å²) >= 11 is 0. The maximum absolute atomic E-state index is 14.7. The molecule has 0 saturated heterocycles. The lowest BCUT2D eigenvalue weighted by Gasteiger charge is -2.50. The van der Waals surface area contributed by atoms with Gasteiger partial charge in [0.25, 0.3) is 5.91 Å². The van der Waals surface area contributed by atoms with E-state index in [1.54, 1.807) is 38.0 Å². The molecule has 2 atom stereocenters. The van der Waals surface area contributed by atoms with Crippen molar-refractivity contribution in [1.82, 2.24) is 9.58 Å². The molecule has 3 aromatic rings. The summed E-state index contributed by atoms with van der Waals surface area (Å²) in [6.45, 7) is 2.70. The van der Waals surface area contributed by atoms with E-state index >= 15 is 0 Å². The minimum Gasteiger partial charge on any atom is -0.493 e. The van der Waals surface area contributed by atoms with E-state index in [1.807, 2.05) is 18.2 Å². The highest BCUT2D eigenvalue weighted by Gasteiger charge is 2.43. The van der Waals surface area contributed by atoms with E-state index in [4.69, 9.17) is 18.9 Å². The first kappa shape index (κ1) is 27.0. The highest BCUT2D eigenvalue weighted by molar-refractivity contribution is 5.96. The van der Waals surface area contributed by atoms with Crippen molar-refractivity contribution in [2.45, 2.75) is 38.6 Å². The molecule has 0 spiro atoms. The molecule has 12 heteroatoms. The summed E-state index contributed by atoms with van der Waals surface area (Å²) in [6.07, 6.45) is -0.312. The predicted octanol–water partition coefficient (Wildman–Crippen LogP) is 3.95. The predicted molar refractivity (Wildman–Crippen MR) is 138 cm³/mol. The molecule has 5 rings (SSSR count). The number of carbonyl (C=O) groups is 2. The zero-order valence-electron chi connectivity index (χ0n) is 22.0. The Hall–Kier alpha value is -4.61. The molecular formula is C28H27F2N3O7. The summed E-state index contributed by atoms with van der Waals surface area (Å²) in [6, 6.07) is 11.6. The second-order valence-corrected chi connectivity index (χ2v) is 9.56. The molecule has 0 N–H and O–H groups in total. The topological polar surface area (TPSA) is 99.5 Å². The minimum absolute atomic E-state index is 0.100. The van der Waals surface area contributed by atoms with Gasteiger partial charge >= 0.3 is 6.16 Å². The monoisotopic (exact) mass is 555 g/mol. The fraction of sp³-hybridized carbons (Fsp3) is 0.321. The van der Waals surface area contributed by atoms with Crippen LogP contribution in [0.1, 0.15) is 47.9 Å². The maximum Gasteiger partial charge on any atom is 0.511 e. The first-order valence-corrected chi connectivity index (χ1v) is 12.6. The normalized spacial score (nSPS) is 18.1. The molecular weight excluding hydrogens is 528 g/mol. The van der Waals surface area contributed by atoms with Crippen LogP contribution in [0.2, 0.25) is 0 Å². The summed E-state index contributed by atoms with van der Waals surface area (Å²) in [5.41, 5.74) is 0.274. The number of rotatable bonds is 5. The smallest absolute Gasteiger partial charge is 0.493 e. The molecule has 1 unspecified atom stereocenters. The molecule has 0 fully saturated rings. The van der Waals surface area contributed by atoms with E-state index in [9.17, 15) is 23.2 Å². The van der Waals surface area contributed by atoms with Crippen LogP contribution in [-0.2, 0) is 9.47 Å². The van der Waals surface area contributed by atoms with Crippen molar-refractivity contribution in [3.05, 3.63) is 93.4 Å². The highest BCUT2D eigenvalue weighted by atomic mass is 19.2. The number of amides is 1. The van der Waals surface area contributed by atoms with Gasteiger partial charge in [0.2, 0.25) is 18.0 Å². The molecule has 0 aliphatic carbocycles. The van der Waals surface area contributed by atoms with E-state index in [0.717, 1.165) is 12.1 Å². The average Bonchev–Trinajstić information content (AvgIpc) is 2.91. The van der Waals surface area contributed by atoms with E-state index in [1.165, 1.54) is 21.8 Å². The number of hydrogen-bond acceptors (Lipinski definition) is 8. The second kappa shape index (κ2) is 10.9. The first-order chi connectivity index (χ1) is 19.2. The third kappa shape index (κ3) is 4.92. The lowest BCUT2D eigenvalue weighted by atomic mass is 9.95. The zero-order chi connectivity index (χ0) is 28.6. The number of benzene rings is 2. The molecule has 40 heavy (non-hydrogen) atoms. The molecule has 2 aliphatic rings. The molecule has 1 amide bonds. The van der Waals surface area contributed by atoms with Crippen molar-refractivity contribution in [1.29, 1.82) is 0 Å². The molecule has 2 aromatic carbocycles. The van der Waals surface area contributed by atoms with Crippen LogP contribution in [0.25, 0.3) is 0 Å². The Kier molecular flexibility index (Phi) is 7.33. The van der Waals surface area contributed by atoms with Gasteiger partial charge in [-0.25, -0.2) is 13.6 Å². The van der Waals surface area contributed by atoms with E-state index in [0.29, 0.717) is 17.5 Å². The first-order valence-electron chi connectivity index (χ1n) is 12.6. The number of nitrogens with zero attached hydrogens (tertiary/aromatic N) is 3. The van der Waals surface area contributed by atoms with Crippen LogP contribution in [0, 0.1) is 11.6 Å². The molecule has 3 heterocycles. The zero-order valence-corrected chi connectivity index (χ0v) is 22.0. The van der Waals surface area contributed by atoms with Crippen LogP contribution >= 0.6 is 0 Å². The Morgan fingerprint density at radius 3 is 2.55 bits per heavy atom. The number of halogens is 2. The van der Waals surface area contributed by atoms with E-state index in [2.05, 4.69) is 0 Å². The molecule has 2 aliphatic heterocycles. The van der Waals surface area contributed by atoms with Gasteiger partial charge in [-0.05, 0) is 25.5 Å². The second-order valence-electron chi connectivity index (χ2n) is 9.56. The minimum atomic E-state index is -1.06. The van der Waals surface area contributed by atoms with Crippen LogP contribution in [0.15, 0.2) is 59.5 Å². The van der Waals surface area contributed by atoms with Crippen molar-refractivity contribution in [3.63, 3.8) is 0 Å². The summed E-state index contributed by atoms with van der Waals surface area (Å²) in [5, 5.41) is 1.80. The summed E-state index contributed by atoms with van der Waals surface area (Å²) in [4.78, 5) is 39.8. The van der Waals surface area contributed by atoms with Gasteiger partial charge in [0, 0.05) is 37.4 Å². The van der Waals surface area contributed by atoms with Gasteiger partial charge in [0.1, 0.15) is 18.0 Å². The quantitative estimate of drug-likeness (QED) is 0.345. The number of hydrogen-bond donors (Lipinski definition) is 0. The molecule has 0 saturated carbocycles. The SMILES string of the molecule is CC(C)OC(=O)OCOc1c2n(ccc1=O)N1C(CCOc3cc(F)c(F)cc3[C@H]1c1ccccc1)N(C)C2=O. The van der Waals surface area contributed by atoms with Gasteiger partial charge in [0.15, 0.2) is 17.3 Å². The maximum atomic E-state index is 14.7. The molecule has 10 nitrogen and oxygen atoms in total. The summed E-state index contributed by atoms with van der Waals surface area (Å²) < 4.78 is 51.6. The lowest BCUT2D eigenvalue weighted by Crippen LogP contribution is -2.62. The van der Waals surface area contributed by atoms with Crippen LogP contribution in [0.3, 0.4) is 0 Å². The van der Waals surface area contributed by atoms with Crippen molar-refractivity contribution in [2.75, 3.05) is 25.5 Å². The standard InChI is InChI=1S/C28H27F2N3O7/c1-16(2)40-28(36)39-15-38-26-21(34)9-11-32-25(26)27(35)31(3)23-10-12-37-22-14-20(30)19(29)13-18(22)24(33(23)32)17-7-5-4-6-8-17/h4-9,11,13-14,16,23-24H,10,12,15H2,1-3H3/t23?,24-/m1/s1. The Morgan fingerprint density at radius 1 is 1.10 bits per heavy atom. The molecule has 1 aromatic heterocycles. The van der Waals surface area contributed by atoms with Crippen molar-refractivity contribution < 1.29 is 37.3 Å². The molecule has 0 bridgehead atoms. The largest absolute Gasteiger partial charge is 0.511 e. The van der Waals surface area contributed by atoms with Gasteiger partial charge in [0.05, 0.1) is 12.7 Å². The van der Waals surface area contributed by atoms with Gasteiger partial charge in [-0.1, -0.05) is 30.3 Å². The Morgan fingerprint density at radius 2 is 1.82 bits per heavy atom. The summed E-state index contributed by atoms with van der Waals surface area (Å²) in [5.74, 6) is -2.83. The fourth-order valence-corrected chi connectivity index (χ4v) is 4.91. The Bertz CT molecular complexity index is 1500. The fourth-order valence-electron chi connectivity index (χ4n) is 4.91. The number of ether oxygens (including phenoxy) is 4. The van der Waals surface area contributed by atoms with Crippen LogP contribution < -0.4 is 19.9 Å². The Labute approximate surface area is 228 Å².